The third-order valence-electron chi connectivity index (χ3n) is 2.69. The third kappa shape index (κ3) is 2.30. The van der Waals surface area contributed by atoms with E-state index in [0.29, 0.717) is 0 Å². The largest absolute Gasteiger partial charge is 0.398 e. The first-order chi connectivity index (χ1) is 8.83. The van der Waals surface area contributed by atoms with Gasteiger partial charge in [0.15, 0.2) is 0 Å². The molecule has 18 heavy (non-hydrogen) atoms. The summed E-state index contributed by atoms with van der Waals surface area (Å²) < 4.78 is 0. The molecule has 2 N–H and O–H groups in total. The van der Waals surface area contributed by atoms with Crippen molar-refractivity contribution in [2.24, 2.45) is 0 Å². The molecule has 90 valence electrons. The van der Waals surface area contributed by atoms with Gasteiger partial charge in [-0.2, -0.15) is 0 Å². The van der Waals surface area contributed by atoms with Crippen LogP contribution >= 0.6 is 22.7 Å². The van der Waals surface area contributed by atoms with Crippen molar-refractivity contribution in [2.45, 2.75) is 6.42 Å². The molecule has 0 aliphatic carbocycles. The Morgan fingerprint density at radius 3 is 2.72 bits per heavy atom. The predicted octanol–water partition coefficient (Wildman–Crippen LogP) is 4.04. The number of benzene rings is 1. The zero-order chi connectivity index (χ0) is 12.4. The minimum absolute atomic E-state index is 0.783. The van der Waals surface area contributed by atoms with E-state index >= 15 is 0 Å². The molecular formula is C14H12N2S2. The van der Waals surface area contributed by atoms with Gasteiger partial charge in [0.2, 0.25) is 0 Å². The Labute approximate surface area is 114 Å². The van der Waals surface area contributed by atoms with Crippen molar-refractivity contribution in [3.8, 4) is 11.3 Å². The maximum Gasteiger partial charge on any atom is 0.0984 e. The van der Waals surface area contributed by atoms with Gasteiger partial charge in [-0.1, -0.05) is 24.3 Å². The number of nitrogens with two attached hydrogens (primary N) is 1. The van der Waals surface area contributed by atoms with E-state index in [9.17, 15) is 0 Å². The van der Waals surface area contributed by atoms with Crippen molar-refractivity contribution in [3.63, 3.8) is 0 Å². The fourth-order valence-corrected chi connectivity index (χ4v) is 3.43. The van der Waals surface area contributed by atoms with Crippen LogP contribution in [-0.2, 0) is 6.42 Å². The average Bonchev–Trinajstić information content (AvgIpc) is 3.02. The maximum atomic E-state index is 5.96. The molecule has 2 nitrogen and oxygen atoms in total. The lowest BCUT2D eigenvalue weighted by atomic mass is 10.1. The standard InChI is InChI=1S/C14H12N2S2/c15-12-6-2-1-5-11(12)13-9-18-14(16-13)8-10-4-3-7-17-10/h1-7,9H,8,15H2. The molecule has 3 rings (SSSR count). The third-order valence-corrected chi connectivity index (χ3v) is 4.42. The molecule has 0 radical (unpaired) electrons. The van der Waals surface area contributed by atoms with Crippen molar-refractivity contribution in [1.82, 2.24) is 4.98 Å². The normalized spacial score (nSPS) is 10.7. The lowest BCUT2D eigenvalue weighted by Crippen LogP contribution is -1.90. The van der Waals surface area contributed by atoms with Crippen LogP contribution in [0.2, 0.25) is 0 Å². The minimum atomic E-state index is 0.783. The summed E-state index contributed by atoms with van der Waals surface area (Å²) in [6.07, 6.45) is 0.912. The van der Waals surface area contributed by atoms with Crippen LogP contribution in [0.4, 0.5) is 5.69 Å². The Hall–Kier alpha value is -1.65. The number of hydrogen-bond donors (Lipinski definition) is 1. The molecule has 0 aliphatic heterocycles. The van der Waals surface area contributed by atoms with Gasteiger partial charge in [-0.15, -0.1) is 22.7 Å². The van der Waals surface area contributed by atoms with E-state index in [1.54, 1.807) is 22.7 Å². The molecule has 2 heterocycles. The van der Waals surface area contributed by atoms with E-state index in [-0.39, 0.29) is 0 Å². The van der Waals surface area contributed by atoms with E-state index in [1.807, 2.05) is 24.3 Å². The van der Waals surface area contributed by atoms with Crippen molar-refractivity contribution in [1.29, 1.82) is 0 Å². The summed E-state index contributed by atoms with van der Waals surface area (Å²) in [5, 5.41) is 5.31. The molecular weight excluding hydrogens is 260 g/mol. The van der Waals surface area contributed by atoms with Crippen LogP contribution in [0.3, 0.4) is 0 Å². The zero-order valence-corrected chi connectivity index (χ0v) is 11.3. The summed E-state index contributed by atoms with van der Waals surface area (Å²) in [6.45, 7) is 0. The molecule has 2 aromatic heterocycles. The molecule has 0 saturated heterocycles. The first kappa shape index (κ1) is 11.4. The van der Waals surface area contributed by atoms with Gasteiger partial charge in [0.25, 0.3) is 0 Å². The highest BCUT2D eigenvalue weighted by molar-refractivity contribution is 7.11. The van der Waals surface area contributed by atoms with Gasteiger partial charge in [-0.25, -0.2) is 4.98 Å². The Balaban J connectivity index is 1.88. The zero-order valence-electron chi connectivity index (χ0n) is 9.67. The lowest BCUT2D eigenvalue weighted by molar-refractivity contribution is 1.17. The highest BCUT2D eigenvalue weighted by Crippen LogP contribution is 2.28. The number of anilines is 1. The van der Waals surface area contributed by atoms with E-state index < -0.39 is 0 Å². The molecule has 0 fully saturated rings. The summed E-state index contributed by atoms with van der Waals surface area (Å²) in [5.41, 5.74) is 8.74. The van der Waals surface area contributed by atoms with Crippen LogP contribution in [0.15, 0.2) is 47.2 Å². The number of nitrogens with zero attached hydrogens (tertiary/aromatic N) is 1. The summed E-state index contributed by atoms with van der Waals surface area (Å²) in [4.78, 5) is 6.01. The summed E-state index contributed by atoms with van der Waals surface area (Å²) in [6, 6.07) is 12.1. The molecule has 0 atom stereocenters. The van der Waals surface area contributed by atoms with Crippen molar-refractivity contribution < 1.29 is 0 Å². The molecule has 0 amide bonds. The summed E-state index contributed by atoms with van der Waals surface area (Å²) >= 11 is 3.46. The molecule has 4 heteroatoms. The van der Waals surface area contributed by atoms with Gasteiger partial charge in [-0.05, 0) is 17.5 Å². The Morgan fingerprint density at radius 2 is 1.94 bits per heavy atom. The Bertz CT molecular complexity index is 641. The lowest BCUT2D eigenvalue weighted by Gasteiger charge is -2.00. The van der Waals surface area contributed by atoms with Gasteiger partial charge < -0.3 is 5.73 Å². The second-order valence-corrected chi connectivity index (χ2v) is 5.94. The van der Waals surface area contributed by atoms with Crippen LogP contribution in [-0.4, -0.2) is 4.98 Å². The molecule has 0 saturated carbocycles. The predicted molar refractivity (Wildman–Crippen MR) is 79.1 cm³/mol. The topological polar surface area (TPSA) is 38.9 Å². The smallest absolute Gasteiger partial charge is 0.0984 e. The molecule has 0 spiro atoms. The Morgan fingerprint density at radius 1 is 1.06 bits per heavy atom. The first-order valence-electron chi connectivity index (χ1n) is 5.64. The number of thiophene rings is 1. The minimum Gasteiger partial charge on any atom is -0.398 e. The first-order valence-corrected chi connectivity index (χ1v) is 7.40. The van der Waals surface area contributed by atoms with Crippen molar-refractivity contribution in [2.75, 3.05) is 5.73 Å². The monoisotopic (exact) mass is 272 g/mol. The van der Waals surface area contributed by atoms with Crippen molar-refractivity contribution in [3.05, 3.63) is 57.0 Å². The van der Waals surface area contributed by atoms with Gasteiger partial charge in [0.05, 0.1) is 10.7 Å². The van der Waals surface area contributed by atoms with Crippen LogP contribution in [0.25, 0.3) is 11.3 Å². The second kappa shape index (κ2) is 4.92. The van der Waals surface area contributed by atoms with Gasteiger partial charge in [0, 0.05) is 27.9 Å². The second-order valence-electron chi connectivity index (χ2n) is 3.97. The van der Waals surface area contributed by atoms with Crippen LogP contribution in [0.1, 0.15) is 9.88 Å². The van der Waals surface area contributed by atoms with E-state index in [0.717, 1.165) is 28.4 Å². The number of para-hydroxylation sites is 1. The quantitative estimate of drug-likeness (QED) is 0.731. The molecule has 3 aromatic rings. The molecule has 0 bridgehead atoms. The highest BCUT2D eigenvalue weighted by Gasteiger charge is 2.07. The highest BCUT2D eigenvalue weighted by atomic mass is 32.1. The van der Waals surface area contributed by atoms with Crippen LogP contribution < -0.4 is 5.73 Å². The fraction of sp³-hybridized carbons (Fsp3) is 0.0714. The summed E-state index contributed by atoms with van der Waals surface area (Å²) in [7, 11) is 0. The molecule has 0 aliphatic rings. The number of nitrogen functional groups attached to an aromatic ring is 1. The van der Waals surface area contributed by atoms with Crippen LogP contribution in [0.5, 0.6) is 0 Å². The van der Waals surface area contributed by atoms with E-state index in [2.05, 4.69) is 27.9 Å². The SMILES string of the molecule is Nc1ccccc1-c1csc(Cc2cccs2)n1. The van der Waals surface area contributed by atoms with E-state index in [4.69, 9.17) is 5.73 Å². The number of hydrogen-bond acceptors (Lipinski definition) is 4. The Kier molecular flexibility index (Phi) is 3.13. The molecule has 0 unspecified atom stereocenters. The number of aromatic nitrogens is 1. The van der Waals surface area contributed by atoms with Gasteiger partial charge in [0.1, 0.15) is 0 Å². The average molecular weight is 272 g/mol. The molecule has 1 aromatic carbocycles. The van der Waals surface area contributed by atoms with Gasteiger partial charge in [-0.3, -0.25) is 0 Å². The van der Waals surface area contributed by atoms with E-state index in [1.165, 1.54) is 4.88 Å². The fourth-order valence-electron chi connectivity index (χ4n) is 1.81. The summed E-state index contributed by atoms with van der Waals surface area (Å²) in [5.74, 6) is 0. The van der Waals surface area contributed by atoms with Crippen LogP contribution in [0, 0.1) is 0 Å². The van der Waals surface area contributed by atoms with Crippen molar-refractivity contribution >= 4 is 28.4 Å². The number of rotatable bonds is 3. The number of thiazole rings is 1. The maximum absolute atomic E-state index is 5.96. The van der Waals surface area contributed by atoms with Gasteiger partial charge >= 0.3 is 0 Å².